The Kier molecular flexibility index (Phi) is 3.72. The van der Waals surface area contributed by atoms with E-state index in [1.165, 1.54) is 0 Å². The number of rotatable bonds is 6. The molecular formula is C13H16O3. The fourth-order valence-corrected chi connectivity index (χ4v) is 1.54. The van der Waals surface area contributed by atoms with Crippen molar-refractivity contribution in [1.29, 1.82) is 0 Å². The van der Waals surface area contributed by atoms with E-state index in [0.717, 1.165) is 5.56 Å². The van der Waals surface area contributed by atoms with Crippen LogP contribution in [-0.4, -0.2) is 30.0 Å². The summed E-state index contributed by atoms with van der Waals surface area (Å²) in [5.74, 6) is 0. The van der Waals surface area contributed by atoms with E-state index in [-0.39, 0.29) is 12.2 Å². The van der Waals surface area contributed by atoms with Crippen LogP contribution in [0.15, 0.2) is 43.0 Å². The van der Waals surface area contributed by atoms with Crippen LogP contribution in [0.5, 0.6) is 0 Å². The van der Waals surface area contributed by atoms with E-state index in [4.69, 9.17) is 9.47 Å². The quantitative estimate of drug-likeness (QED) is 0.583. The molecule has 3 nitrogen and oxygen atoms in total. The van der Waals surface area contributed by atoms with E-state index in [0.29, 0.717) is 13.2 Å². The van der Waals surface area contributed by atoms with E-state index in [1.807, 2.05) is 30.3 Å². The molecule has 1 saturated heterocycles. The molecule has 0 radical (unpaired) electrons. The van der Waals surface area contributed by atoms with Crippen LogP contribution in [0.25, 0.3) is 0 Å². The summed E-state index contributed by atoms with van der Waals surface area (Å²) in [5, 5.41) is 9.81. The Hall–Kier alpha value is -1.16. The van der Waals surface area contributed by atoms with E-state index < -0.39 is 6.10 Å². The van der Waals surface area contributed by atoms with Crippen molar-refractivity contribution in [2.24, 2.45) is 0 Å². The smallest absolute Gasteiger partial charge is 0.112 e. The Morgan fingerprint density at radius 2 is 2.19 bits per heavy atom. The van der Waals surface area contributed by atoms with Crippen molar-refractivity contribution in [2.45, 2.75) is 24.9 Å². The summed E-state index contributed by atoms with van der Waals surface area (Å²) in [6.45, 7) is 4.75. The summed E-state index contributed by atoms with van der Waals surface area (Å²) >= 11 is 0. The number of benzene rings is 1. The van der Waals surface area contributed by atoms with Crippen LogP contribution in [0.1, 0.15) is 5.56 Å². The van der Waals surface area contributed by atoms with Gasteiger partial charge in [-0.15, -0.1) is 6.58 Å². The number of hydrogen-bond acceptors (Lipinski definition) is 3. The molecule has 0 spiro atoms. The Balaban J connectivity index is 1.85. The van der Waals surface area contributed by atoms with Gasteiger partial charge in [-0.05, 0) is 5.56 Å². The van der Waals surface area contributed by atoms with E-state index in [9.17, 15) is 5.11 Å². The van der Waals surface area contributed by atoms with Gasteiger partial charge in [0.05, 0.1) is 13.2 Å². The molecule has 0 amide bonds. The summed E-state index contributed by atoms with van der Waals surface area (Å²) < 4.78 is 10.6. The second-order valence-electron chi connectivity index (χ2n) is 3.86. The Bertz CT molecular complexity index is 332. The van der Waals surface area contributed by atoms with Crippen molar-refractivity contribution in [3.05, 3.63) is 48.6 Å². The van der Waals surface area contributed by atoms with Gasteiger partial charge in [-0.3, -0.25) is 0 Å². The fourth-order valence-electron chi connectivity index (χ4n) is 1.54. The lowest BCUT2D eigenvalue weighted by Gasteiger charge is -2.18. The second-order valence-corrected chi connectivity index (χ2v) is 3.86. The molecule has 1 aromatic carbocycles. The third-order valence-corrected chi connectivity index (χ3v) is 2.59. The Morgan fingerprint density at radius 1 is 1.50 bits per heavy atom. The van der Waals surface area contributed by atoms with Gasteiger partial charge in [0.15, 0.2) is 0 Å². The minimum absolute atomic E-state index is 0.0845. The standard InChI is InChI=1S/C13H16O3/c1-2-11(13(14)12-9-16-12)15-8-10-6-4-3-5-7-10/h2-7,11-14H,1,8-9H2/t11-,12-,13-/m1/s1. The van der Waals surface area contributed by atoms with Crippen LogP contribution in [0, 0.1) is 0 Å². The maximum absolute atomic E-state index is 9.81. The zero-order valence-corrected chi connectivity index (χ0v) is 9.08. The molecule has 1 heterocycles. The summed E-state index contributed by atoms with van der Waals surface area (Å²) in [7, 11) is 0. The van der Waals surface area contributed by atoms with E-state index >= 15 is 0 Å². The molecule has 0 aromatic heterocycles. The van der Waals surface area contributed by atoms with Crippen molar-refractivity contribution in [3.63, 3.8) is 0 Å². The molecule has 0 aliphatic carbocycles. The van der Waals surface area contributed by atoms with Crippen LogP contribution >= 0.6 is 0 Å². The number of ether oxygens (including phenoxy) is 2. The molecule has 0 saturated carbocycles. The van der Waals surface area contributed by atoms with Gasteiger partial charge < -0.3 is 14.6 Å². The Morgan fingerprint density at radius 3 is 2.75 bits per heavy atom. The topological polar surface area (TPSA) is 42.0 Å². The molecule has 0 unspecified atom stereocenters. The summed E-state index contributed by atoms with van der Waals surface area (Å²) in [5.41, 5.74) is 1.08. The lowest BCUT2D eigenvalue weighted by Crippen LogP contribution is -2.31. The lowest BCUT2D eigenvalue weighted by atomic mass is 10.1. The number of aliphatic hydroxyl groups is 1. The van der Waals surface area contributed by atoms with Crippen molar-refractivity contribution < 1.29 is 14.6 Å². The fraction of sp³-hybridized carbons (Fsp3) is 0.385. The van der Waals surface area contributed by atoms with Gasteiger partial charge in [0, 0.05) is 0 Å². The van der Waals surface area contributed by atoms with Gasteiger partial charge in [0.2, 0.25) is 0 Å². The average Bonchev–Trinajstić information content (AvgIpc) is 3.15. The van der Waals surface area contributed by atoms with Crippen LogP contribution in [0.4, 0.5) is 0 Å². The predicted octanol–water partition coefficient (Wildman–Crippen LogP) is 1.52. The molecule has 0 bridgehead atoms. The van der Waals surface area contributed by atoms with Crippen LogP contribution in [0.3, 0.4) is 0 Å². The Labute approximate surface area is 95.3 Å². The van der Waals surface area contributed by atoms with Gasteiger partial charge in [-0.1, -0.05) is 36.4 Å². The summed E-state index contributed by atoms with van der Waals surface area (Å²) in [6, 6.07) is 9.85. The first-order valence-corrected chi connectivity index (χ1v) is 5.39. The summed E-state index contributed by atoms with van der Waals surface area (Å²) in [4.78, 5) is 0. The highest BCUT2D eigenvalue weighted by atomic mass is 16.6. The summed E-state index contributed by atoms with van der Waals surface area (Å²) in [6.07, 6.45) is 0.558. The van der Waals surface area contributed by atoms with Crippen molar-refractivity contribution in [1.82, 2.24) is 0 Å². The molecule has 16 heavy (non-hydrogen) atoms. The van der Waals surface area contributed by atoms with Crippen molar-refractivity contribution >= 4 is 0 Å². The lowest BCUT2D eigenvalue weighted by molar-refractivity contribution is -0.0291. The van der Waals surface area contributed by atoms with Gasteiger partial charge in [-0.2, -0.15) is 0 Å². The number of epoxide rings is 1. The highest BCUT2D eigenvalue weighted by Crippen LogP contribution is 2.19. The highest BCUT2D eigenvalue weighted by molar-refractivity contribution is 5.13. The maximum Gasteiger partial charge on any atom is 0.112 e. The number of hydrogen-bond donors (Lipinski definition) is 1. The molecule has 86 valence electrons. The third kappa shape index (κ3) is 2.92. The first-order chi connectivity index (χ1) is 7.81. The number of aliphatic hydroxyl groups excluding tert-OH is 1. The zero-order chi connectivity index (χ0) is 11.4. The van der Waals surface area contributed by atoms with Crippen LogP contribution < -0.4 is 0 Å². The molecule has 2 rings (SSSR count). The van der Waals surface area contributed by atoms with Crippen LogP contribution in [0.2, 0.25) is 0 Å². The molecule has 1 aliphatic rings. The van der Waals surface area contributed by atoms with Crippen molar-refractivity contribution in [2.75, 3.05) is 6.61 Å². The van der Waals surface area contributed by atoms with Gasteiger partial charge >= 0.3 is 0 Å². The zero-order valence-electron chi connectivity index (χ0n) is 9.08. The molecule has 1 aromatic rings. The predicted molar refractivity (Wildman–Crippen MR) is 61.0 cm³/mol. The molecule has 1 fully saturated rings. The van der Waals surface area contributed by atoms with Gasteiger partial charge in [0.1, 0.15) is 18.3 Å². The molecule has 3 atom stereocenters. The first kappa shape index (κ1) is 11.3. The molecule has 1 aliphatic heterocycles. The SMILES string of the molecule is C=C[C@@H](OCc1ccccc1)[C@@H](O)[C@H]1CO1. The van der Waals surface area contributed by atoms with E-state index in [1.54, 1.807) is 6.08 Å². The normalized spacial score (nSPS) is 22.4. The van der Waals surface area contributed by atoms with Crippen LogP contribution in [-0.2, 0) is 16.1 Å². The monoisotopic (exact) mass is 220 g/mol. The molecule has 1 N–H and O–H groups in total. The largest absolute Gasteiger partial charge is 0.387 e. The minimum atomic E-state index is -0.610. The van der Waals surface area contributed by atoms with E-state index in [2.05, 4.69) is 6.58 Å². The minimum Gasteiger partial charge on any atom is -0.387 e. The average molecular weight is 220 g/mol. The second kappa shape index (κ2) is 5.25. The van der Waals surface area contributed by atoms with Gasteiger partial charge in [0.25, 0.3) is 0 Å². The van der Waals surface area contributed by atoms with Crippen molar-refractivity contribution in [3.8, 4) is 0 Å². The highest BCUT2D eigenvalue weighted by Gasteiger charge is 2.36. The maximum atomic E-state index is 9.81. The molecular weight excluding hydrogens is 204 g/mol. The first-order valence-electron chi connectivity index (χ1n) is 5.39. The third-order valence-electron chi connectivity index (χ3n) is 2.59. The molecule has 3 heteroatoms. The van der Waals surface area contributed by atoms with Gasteiger partial charge in [-0.25, -0.2) is 0 Å².